The standard InChI is InChI=1S/C18H25N3O7S/c1-12(9-17(22)23)18(24)20(2)15(10-13-3-4-13)11-19-29(27,28)16-7-5-14(6-8-16)21(25)26/h5-8,12-13,15,19H,3-4,9-11H2,1-2H3,(H,22,23)/t12-,15+/m1/s1. The average Bonchev–Trinajstić information content (AvgIpc) is 3.47. The second-order valence-corrected chi connectivity index (χ2v) is 9.15. The van der Waals surface area contributed by atoms with E-state index in [-0.39, 0.29) is 29.5 Å². The molecule has 29 heavy (non-hydrogen) atoms. The molecule has 1 aromatic carbocycles. The summed E-state index contributed by atoms with van der Waals surface area (Å²) in [7, 11) is -2.37. The number of hydrogen-bond donors (Lipinski definition) is 2. The third-order valence-electron chi connectivity index (χ3n) is 4.97. The Bertz CT molecular complexity index is 866. The minimum absolute atomic E-state index is 0.0299. The van der Waals surface area contributed by atoms with Crippen molar-refractivity contribution in [3.05, 3.63) is 34.4 Å². The van der Waals surface area contributed by atoms with E-state index < -0.39 is 32.9 Å². The van der Waals surface area contributed by atoms with Gasteiger partial charge in [0.1, 0.15) is 0 Å². The predicted octanol–water partition coefficient (Wildman–Crippen LogP) is 1.61. The normalized spacial score (nSPS) is 16.1. The van der Waals surface area contributed by atoms with Crippen LogP contribution in [0.2, 0.25) is 0 Å². The Morgan fingerprint density at radius 2 is 1.90 bits per heavy atom. The maximum atomic E-state index is 12.5. The van der Waals surface area contributed by atoms with Gasteiger partial charge in [0.15, 0.2) is 0 Å². The molecule has 1 amide bonds. The number of non-ortho nitro benzene ring substituents is 1. The van der Waals surface area contributed by atoms with E-state index in [1.165, 1.54) is 11.8 Å². The molecular weight excluding hydrogens is 402 g/mol. The lowest BCUT2D eigenvalue weighted by Crippen LogP contribution is -2.47. The maximum Gasteiger partial charge on any atom is 0.304 e. The van der Waals surface area contributed by atoms with Gasteiger partial charge in [0.25, 0.3) is 5.69 Å². The third-order valence-corrected chi connectivity index (χ3v) is 6.41. The van der Waals surface area contributed by atoms with Gasteiger partial charge < -0.3 is 10.0 Å². The van der Waals surface area contributed by atoms with Crippen molar-refractivity contribution in [3.63, 3.8) is 0 Å². The van der Waals surface area contributed by atoms with Crippen LogP contribution in [0.15, 0.2) is 29.2 Å². The highest BCUT2D eigenvalue weighted by molar-refractivity contribution is 7.89. The molecule has 0 spiro atoms. The Morgan fingerprint density at radius 1 is 1.31 bits per heavy atom. The molecule has 0 aliphatic heterocycles. The highest BCUT2D eigenvalue weighted by atomic mass is 32.2. The fourth-order valence-corrected chi connectivity index (χ4v) is 4.10. The first-order valence-electron chi connectivity index (χ1n) is 9.24. The Kier molecular flexibility index (Phi) is 7.31. The summed E-state index contributed by atoms with van der Waals surface area (Å²) < 4.78 is 27.5. The summed E-state index contributed by atoms with van der Waals surface area (Å²) in [6, 6.07) is 4.11. The lowest BCUT2D eigenvalue weighted by molar-refractivity contribution is -0.384. The van der Waals surface area contributed by atoms with Gasteiger partial charge in [-0.15, -0.1) is 0 Å². The van der Waals surface area contributed by atoms with Crippen molar-refractivity contribution in [2.45, 2.75) is 43.5 Å². The minimum Gasteiger partial charge on any atom is -0.481 e. The average molecular weight is 427 g/mol. The van der Waals surface area contributed by atoms with Crippen LogP contribution in [0.3, 0.4) is 0 Å². The van der Waals surface area contributed by atoms with Crippen molar-refractivity contribution >= 4 is 27.6 Å². The molecule has 0 bridgehead atoms. The van der Waals surface area contributed by atoms with Crippen LogP contribution in [-0.2, 0) is 19.6 Å². The number of nitrogens with one attached hydrogen (secondary N) is 1. The van der Waals surface area contributed by atoms with Crippen LogP contribution in [0.5, 0.6) is 0 Å². The first kappa shape index (κ1) is 22.8. The van der Waals surface area contributed by atoms with Crippen LogP contribution in [0.4, 0.5) is 5.69 Å². The molecule has 1 fully saturated rings. The van der Waals surface area contributed by atoms with E-state index in [0.29, 0.717) is 12.3 Å². The quantitative estimate of drug-likeness (QED) is 0.403. The summed E-state index contributed by atoms with van der Waals surface area (Å²) >= 11 is 0. The number of nitrogens with zero attached hydrogens (tertiary/aromatic N) is 2. The van der Waals surface area contributed by atoms with Gasteiger partial charge in [-0.2, -0.15) is 0 Å². The van der Waals surface area contributed by atoms with Gasteiger partial charge >= 0.3 is 5.97 Å². The number of carboxylic acid groups (broad SMARTS) is 1. The molecule has 11 heteroatoms. The number of nitro groups is 1. The highest BCUT2D eigenvalue weighted by Crippen LogP contribution is 2.34. The van der Waals surface area contributed by atoms with Gasteiger partial charge in [-0.25, -0.2) is 13.1 Å². The number of hydrogen-bond acceptors (Lipinski definition) is 6. The molecule has 2 rings (SSSR count). The molecule has 0 heterocycles. The maximum absolute atomic E-state index is 12.5. The van der Waals surface area contributed by atoms with Gasteiger partial charge in [-0.3, -0.25) is 19.7 Å². The zero-order valence-electron chi connectivity index (χ0n) is 16.3. The van der Waals surface area contributed by atoms with E-state index in [1.807, 2.05) is 0 Å². The molecule has 160 valence electrons. The van der Waals surface area contributed by atoms with E-state index >= 15 is 0 Å². The van der Waals surface area contributed by atoms with E-state index in [4.69, 9.17) is 5.11 Å². The molecule has 0 saturated heterocycles. The number of sulfonamides is 1. The zero-order valence-corrected chi connectivity index (χ0v) is 17.1. The van der Waals surface area contributed by atoms with Crippen molar-refractivity contribution < 1.29 is 28.0 Å². The Balaban J connectivity index is 2.08. The molecule has 0 radical (unpaired) electrons. The van der Waals surface area contributed by atoms with Gasteiger partial charge in [-0.1, -0.05) is 19.8 Å². The molecular formula is C18H25N3O7S. The Morgan fingerprint density at radius 3 is 2.38 bits per heavy atom. The number of nitro benzene ring substituents is 1. The largest absolute Gasteiger partial charge is 0.481 e. The number of rotatable bonds is 11. The second-order valence-electron chi connectivity index (χ2n) is 7.38. The van der Waals surface area contributed by atoms with Crippen LogP contribution in [0.1, 0.15) is 32.6 Å². The topological polar surface area (TPSA) is 147 Å². The van der Waals surface area contributed by atoms with Crippen molar-refractivity contribution in [1.29, 1.82) is 0 Å². The Labute approximate surface area is 169 Å². The fourth-order valence-electron chi connectivity index (χ4n) is 3.03. The van der Waals surface area contributed by atoms with Crippen LogP contribution in [-0.4, -0.2) is 54.9 Å². The van der Waals surface area contributed by atoms with E-state index in [0.717, 1.165) is 37.1 Å². The number of likely N-dealkylation sites (N-methyl/N-ethyl adjacent to an activating group) is 1. The second kappa shape index (κ2) is 9.31. The number of benzene rings is 1. The van der Waals surface area contributed by atoms with Gasteiger partial charge in [-0.05, 0) is 24.5 Å². The molecule has 0 unspecified atom stereocenters. The molecule has 1 aliphatic rings. The molecule has 10 nitrogen and oxygen atoms in total. The summed E-state index contributed by atoms with van der Waals surface area (Å²) in [6.07, 6.45) is 2.34. The van der Waals surface area contributed by atoms with Crippen LogP contribution >= 0.6 is 0 Å². The van der Waals surface area contributed by atoms with Gasteiger partial charge in [0.05, 0.1) is 16.2 Å². The Hall–Kier alpha value is -2.53. The first-order chi connectivity index (χ1) is 13.5. The number of aliphatic carboxylic acids is 1. The molecule has 1 aliphatic carbocycles. The third kappa shape index (κ3) is 6.50. The summed E-state index contributed by atoms with van der Waals surface area (Å²) in [5.41, 5.74) is -0.215. The summed E-state index contributed by atoms with van der Waals surface area (Å²) in [5.74, 6) is -1.73. The van der Waals surface area contributed by atoms with E-state index in [1.54, 1.807) is 7.05 Å². The van der Waals surface area contributed by atoms with E-state index in [9.17, 15) is 28.1 Å². The number of amides is 1. The van der Waals surface area contributed by atoms with Crippen molar-refractivity contribution in [2.24, 2.45) is 11.8 Å². The fraction of sp³-hybridized carbons (Fsp3) is 0.556. The molecule has 2 N–H and O–H groups in total. The highest BCUT2D eigenvalue weighted by Gasteiger charge is 2.32. The van der Waals surface area contributed by atoms with Crippen LogP contribution in [0, 0.1) is 22.0 Å². The number of carbonyl (C=O) groups is 2. The summed E-state index contributed by atoms with van der Waals surface area (Å²) in [5, 5.41) is 19.6. The number of carbonyl (C=O) groups excluding carboxylic acids is 1. The molecule has 2 atom stereocenters. The molecule has 1 saturated carbocycles. The molecule has 1 aromatic rings. The van der Waals surface area contributed by atoms with E-state index in [2.05, 4.69) is 4.72 Å². The number of carboxylic acids is 1. The van der Waals surface area contributed by atoms with Crippen molar-refractivity contribution in [2.75, 3.05) is 13.6 Å². The lowest BCUT2D eigenvalue weighted by atomic mass is 10.0. The predicted molar refractivity (Wildman–Crippen MR) is 104 cm³/mol. The summed E-state index contributed by atoms with van der Waals surface area (Å²) in [4.78, 5) is 34.8. The monoisotopic (exact) mass is 427 g/mol. The zero-order chi connectivity index (χ0) is 21.8. The van der Waals surface area contributed by atoms with Crippen LogP contribution in [0.25, 0.3) is 0 Å². The smallest absolute Gasteiger partial charge is 0.304 e. The SMILES string of the molecule is C[C@H](CC(=O)O)C(=O)N(C)[C@H](CNS(=O)(=O)c1ccc([N+](=O)[O-])cc1)CC1CC1. The first-order valence-corrected chi connectivity index (χ1v) is 10.7. The lowest BCUT2D eigenvalue weighted by Gasteiger charge is -2.30. The van der Waals surface area contributed by atoms with Gasteiger partial charge in [0.2, 0.25) is 15.9 Å². The molecule has 0 aromatic heterocycles. The van der Waals surface area contributed by atoms with Crippen molar-refractivity contribution in [3.8, 4) is 0 Å². The minimum atomic E-state index is -3.92. The summed E-state index contributed by atoms with van der Waals surface area (Å²) in [6.45, 7) is 1.50. The van der Waals surface area contributed by atoms with Gasteiger partial charge in [0, 0.05) is 37.7 Å². The van der Waals surface area contributed by atoms with Crippen LogP contribution < -0.4 is 4.72 Å². The van der Waals surface area contributed by atoms with Crippen molar-refractivity contribution in [1.82, 2.24) is 9.62 Å².